The average Bonchev–Trinajstić information content (AvgIpc) is 3.08. The van der Waals surface area contributed by atoms with Gasteiger partial charge in [0.25, 0.3) is 5.91 Å². The maximum atomic E-state index is 12.0. The van der Waals surface area contributed by atoms with Crippen LogP contribution in [0.4, 0.5) is 0 Å². The summed E-state index contributed by atoms with van der Waals surface area (Å²) in [6.45, 7) is 3.79. The molecule has 0 radical (unpaired) electrons. The van der Waals surface area contributed by atoms with Gasteiger partial charge in [-0.2, -0.15) is 0 Å². The van der Waals surface area contributed by atoms with Crippen molar-refractivity contribution in [1.82, 2.24) is 10.5 Å². The Morgan fingerprint density at radius 2 is 2.24 bits per heavy atom. The fourth-order valence-corrected chi connectivity index (χ4v) is 2.52. The fourth-order valence-electron chi connectivity index (χ4n) is 1.84. The molecule has 0 aliphatic heterocycles. The van der Waals surface area contributed by atoms with Crippen molar-refractivity contribution in [3.63, 3.8) is 0 Å². The van der Waals surface area contributed by atoms with Crippen molar-refractivity contribution >= 4 is 23.2 Å². The molecule has 0 fully saturated rings. The molecule has 2 heterocycles. The lowest BCUT2D eigenvalue weighted by atomic mass is 10.0. The van der Waals surface area contributed by atoms with Gasteiger partial charge in [0.05, 0.1) is 4.88 Å². The molecule has 0 saturated heterocycles. The zero-order valence-corrected chi connectivity index (χ0v) is 12.5. The molecule has 2 N–H and O–H groups in total. The number of aliphatic carboxylic acids is 1. The molecule has 0 saturated carbocycles. The Hall–Kier alpha value is -2.15. The van der Waals surface area contributed by atoms with E-state index in [9.17, 15) is 9.59 Å². The summed E-state index contributed by atoms with van der Waals surface area (Å²) in [5.74, 6) is -0.954. The topological polar surface area (TPSA) is 92.4 Å². The van der Waals surface area contributed by atoms with Crippen molar-refractivity contribution in [2.45, 2.75) is 26.3 Å². The van der Waals surface area contributed by atoms with Crippen molar-refractivity contribution < 1.29 is 19.2 Å². The predicted molar refractivity (Wildman–Crippen MR) is 78.2 cm³/mol. The molecule has 1 amide bonds. The van der Waals surface area contributed by atoms with Gasteiger partial charge in [-0.1, -0.05) is 25.1 Å². The van der Waals surface area contributed by atoms with Crippen LogP contribution in [0.3, 0.4) is 0 Å². The minimum Gasteiger partial charge on any atom is -0.480 e. The molecule has 0 aliphatic carbocycles. The van der Waals surface area contributed by atoms with Gasteiger partial charge < -0.3 is 14.9 Å². The first-order valence-corrected chi connectivity index (χ1v) is 7.39. The van der Waals surface area contributed by atoms with Gasteiger partial charge in [-0.05, 0) is 23.8 Å². The van der Waals surface area contributed by atoms with E-state index >= 15 is 0 Å². The standard InChI is InChI=1S/C14H16N2O4S/c1-8(2)6-10(14(18)19)15-13(17)9-7-11(20-16-9)12-4-3-5-21-12/h3-5,7-8,10H,6H2,1-2H3,(H,15,17)(H,18,19)/t10-/m0/s1. The number of rotatable bonds is 6. The third-order valence-corrected chi connectivity index (χ3v) is 3.70. The molecule has 112 valence electrons. The number of hydrogen-bond acceptors (Lipinski definition) is 5. The first-order valence-electron chi connectivity index (χ1n) is 6.51. The third kappa shape index (κ3) is 3.91. The maximum Gasteiger partial charge on any atom is 0.326 e. The normalized spacial score (nSPS) is 12.3. The smallest absolute Gasteiger partial charge is 0.326 e. The molecular formula is C14H16N2O4S. The summed E-state index contributed by atoms with van der Waals surface area (Å²) in [4.78, 5) is 24.0. The van der Waals surface area contributed by atoms with Gasteiger partial charge in [-0.25, -0.2) is 4.79 Å². The van der Waals surface area contributed by atoms with Crippen LogP contribution in [0, 0.1) is 5.92 Å². The molecule has 1 atom stereocenters. The number of carbonyl (C=O) groups is 2. The molecular weight excluding hydrogens is 292 g/mol. The van der Waals surface area contributed by atoms with Gasteiger partial charge in [0.15, 0.2) is 11.5 Å². The Morgan fingerprint density at radius 1 is 1.48 bits per heavy atom. The van der Waals surface area contributed by atoms with Gasteiger partial charge in [0.1, 0.15) is 6.04 Å². The Balaban J connectivity index is 2.07. The largest absolute Gasteiger partial charge is 0.480 e. The monoisotopic (exact) mass is 308 g/mol. The number of nitrogens with zero attached hydrogens (tertiary/aromatic N) is 1. The molecule has 2 rings (SSSR count). The number of amides is 1. The van der Waals surface area contributed by atoms with Crippen molar-refractivity contribution in [1.29, 1.82) is 0 Å². The molecule has 21 heavy (non-hydrogen) atoms. The Bertz CT molecular complexity index is 619. The van der Waals surface area contributed by atoms with Crippen molar-refractivity contribution in [3.8, 4) is 10.6 Å². The van der Waals surface area contributed by atoms with E-state index in [1.807, 2.05) is 31.4 Å². The molecule has 0 bridgehead atoms. The zero-order chi connectivity index (χ0) is 15.4. The van der Waals surface area contributed by atoms with Gasteiger partial charge in [-0.3, -0.25) is 4.79 Å². The van der Waals surface area contributed by atoms with Gasteiger partial charge >= 0.3 is 5.97 Å². The first kappa shape index (κ1) is 15.2. The van der Waals surface area contributed by atoms with Crippen LogP contribution >= 0.6 is 11.3 Å². The van der Waals surface area contributed by atoms with Crippen LogP contribution in [0.15, 0.2) is 28.1 Å². The second-order valence-electron chi connectivity index (χ2n) is 5.05. The van der Waals surface area contributed by atoms with Crippen molar-refractivity contribution in [3.05, 3.63) is 29.3 Å². The highest BCUT2D eigenvalue weighted by molar-refractivity contribution is 7.13. The van der Waals surface area contributed by atoms with Crippen LogP contribution < -0.4 is 5.32 Å². The summed E-state index contributed by atoms with van der Waals surface area (Å²) in [6, 6.07) is 4.30. The lowest BCUT2D eigenvalue weighted by Gasteiger charge is -2.15. The number of carboxylic acid groups (broad SMARTS) is 1. The lowest BCUT2D eigenvalue weighted by Crippen LogP contribution is -2.41. The van der Waals surface area contributed by atoms with Crippen molar-refractivity contribution in [2.24, 2.45) is 5.92 Å². The van der Waals surface area contributed by atoms with Crippen LogP contribution in [-0.2, 0) is 4.79 Å². The molecule has 0 aliphatic rings. The number of carbonyl (C=O) groups excluding carboxylic acids is 1. The summed E-state index contributed by atoms with van der Waals surface area (Å²) in [5, 5.41) is 17.2. The third-order valence-electron chi connectivity index (χ3n) is 2.82. The van der Waals surface area contributed by atoms with E-state index in [1.165, 1.54) is 17.4 Å². The van der Waals surface area contributed by atoms with Crippen molar-refractivity contribution in [2.75, 3.05) is 0 Å². The van der Waals surface area contributed by atoms with E-state index in [-0.39, 0.29) is 11.6 Å². The van der Waals surface area contributed by atoms with Gasteiger partial charge in [0, 0.05) is 6.07 Å². The minimum atomic E-state index is -1.06. The molecule has 0 aromatic carbocycles. The molecule has 7 heteroatoms. The minimum absolute atomic E-state index is 0.0772. The number of aromatic nitrogens is 1. The quantitative estimate of drug-likeness (QED) is 0.855. The molecule has 0 unspecified atom stereocenters. The fraction of sp³-hybridized carbons (Fsp3) is 0.357. The SMILES string of the molecule is CC(C)C[C@H](NC(=O)c1cc(-c2cccs2)on1)C(=O)O. The van der Waals surface area contributed by atoms with Crippen LogP contribution in [0.2, 0.25) is 0 Å². The van der Waals surface area contributed by atoms with E-state index in [2.05, 4.69) is 10.5 Å². The van der Waals surface area contributed by atoms with Crippen LogP contribution in [0.25, 0.3) is 10.6 Å². The summed E-state index contributed by atoms with van der Waals surface area (Å²) >= 11 is 1.47. The van der Waals surface area contributed by atoms with Gasteiger partial charge in [0.2, 0.25) is 0 Å². The Kier molecular flexibility index (Phi) is 4.74. The Morgan fingerprint density at radius 3 is 2.81 bits per heavy atom. The molecule has 0 spiro atoms. The highest BCUT2D eigenvalue weighted by Gasteiger charge is 2.23. The van der Waals surface area contributed by atoms with Crippen LogP contribution in [0.1, 0.15) is 30.8 Å². The number of carboxylic acids is 1. The highest BCUT2D eigenvalue weighted by atomic mass is 32.1. The first-order chi connectivity index (χ1) is 9.97. The van der Waals surface area contributed by atoms with E-state index < -0.39 is 17.9 Å². The van der Waals surface area contributed by atoms with E-state index in [0.717, 1.165) is 4.88 Å². The van der Waals surface area contributed by atoms with E-state index in [1.54, 1.807) is 0 Å². The summed E-state index contributed by atoms with van der Waals surface area (Å²) in [5.41, 5.74) is 0.0772. The van der Waals surface area contributed by atoms with E-state index in [0.29, 0.717) is 12.2 Å². The maximum absolute atomic E-state index is 12.0. The van der Waals surface area contributed by atoms with E-state index in [4.69, 9.17) is 9.63 Å². The summed E-state index contributed by atoms with van der Waals surface area (Å²) in [7, 11) is 0. The van der Waals surface area contributed by atoms with Gasteiger partial charge in [-0.15, -0.1) is 11.3 Å². The Labute approximate surface area is 125 Å². The van der Waals surface area contributed by atoms with Crippen LogP contribution in [-0.4, -0.2) is 28.2 Å². The lowest BCUT2D eigenvalue weighted by molar-refractivity contribution is -0.139. The second-order valence-corrected chi connectivity index (χ2v) is 6.00. The highest BCUT2D eigenvalue weighted by Crippen LogP contribution is 2.25. The van der Waals surface area contributed by atoms with Crippen LogP contribution in [0.5, 0.6) is 0 Å². The zero-order valence-electron chi connectivity index (χ0n) is 11.7. The summed E-state index contributed by atoms with van der Waals surface area (Å²) < 4.78 is 5.11. The number of nitrogens with one attached hydrogen (secondary N) is 1. The number of thiophene rings is 1. The molecule has 2 aromatic heterocycles. The average molecular weight is 308 g/mol. The molecule has 2 aromatic rings. The number of hydrogen-bond donors (Lipinski definition) is 2. The molecule has 6 nitrogen and oxygen atoms in total. The predicted octanol–water partition coefficient (Wildman–Crippen LogP) is 2.63. The second kappa shape index (κ2) is 6.53. The summed E-state index contributed by atoms with van der Waals surface area (Å²) in [6.07, 6.45) is 0.358.